The van der Waals surface area contributed by atoms with Crippen molar-refractivity contribution in [2.75, 3.05) is 19.0 Å². The SMILES string of the molecule is COC(=O)C12CCC(CNC(=O)Nc3cc(C(=O)NCc4ccc(F)cc4)nc4ccnn34)(CC1)CC2. The fourth-order valence-corrected chi connectivity index (χ4v) is 5.47. The molecule has 0 aliphatic heterocycles. The van der Waals surface area contributed by atoms with Gasteiger partial charge in [-0.1, -0.05) is 12.1 Å². The normalized spacial score (nSPS) is 22.4. The zero-order valence-electron chi connectivity index (χ0n) is 20.6. The first kappa shape index (κ1) is 24.7. The van der Waals surface area contributed by atoms with Crippen LogP contribution in [0.15, 0.2) is 42.6 Å². The van der Waals surface area contributed by atoms with E-state index in [2.05, 4.69) is 26.0 Å². The third-order valence-electron chi connectivity index (χ3n) is 7.84. The number of anilines is 1. The lowest BCUT2D eigenvalue weighted by molar-refractivity contribution is -0.162. The lowest BCUT2D eigenvalue weighted by Crippen LogP contribution is -2.51. The molecule has 0 radical (unpaired) electrons. The number of aromatic nitrogens is 3. The number of hydrogen-bond acceptors (Lipinski definition) is 6. The minimum atomic E-state index is -0.436. The van der Waals surface area contributed by atoms with E-state index >= 15 is 0 Å². The number of carbonyl (C=O) groups is 3. The average molecular weight is 509 g/mol. The zero-order valence-corrected chi connectivity index (χ0v) is 20.6. The van der Waals surface area contributed by atoms with Gasteiger partial charge < -0.3 is 15.4 Å². The molecule has 10 nitrogen and oxygen atoms in total. The molecule has 3 saturated carbocycles. The van der Waals surface area contributed by atoms with Crippen LogP contribution in [0.2, 0.25) is 0 Å². The van der Waals surface area contributed by atoms with E-state index in [1.54, 1.807) is 18.2 Å². The van der Waals surface area contributed by atoms with Crippen LogP contribution < -0.4 is 16.0 Å². The van der Waals surface area contributed by atoms with Crippen molar-refractivity contribution >= 4 is 29.4 Å². The van der Waals surface area contributed by atoms with Crippen LogP contribution in [0.5, 0.6) is 0 Å². The summed E-state index contributed by atoms with van der Waals surface area (Å²) in [5.74, 6) is -0.606. The van der Waals surface area contributed by atoms with Crippen molar-refractivity contribution in [3.8, 4) is 0 Å². The number of hydrogen-bond donors (Lipinski definition) is 3. The molecule has 1 aromatic carbocycles. The van der Waals surface area contributed by atoms with E-state index in [1.807, 2.05) is 0 Å². The van der Waals surface area contributed by atoms with Crippen LogP contribution in [0.25, 0.3) is 5.65 Å². The van der Waals surface area contributed by atoms with Gasteiger partial charge in [0.05, 0.1) is 18.7 Å². The van der Waals surface area contributed by atoms with E-state index < -0.39 is 11.9 Å². The number of fused-ring (bicyclic) bond motifs is 4. The molecule has 3 aliphatic rings. The predicted octanol–water partition coefficient (Wildman–Crippen LogP) is 3.43. The summed E-state index contributed by atoms with van der Waals surface area (Å²) in [6.07, 6.45) is 6.44. The molecule has 2 heterocycles. The number of carbonyl (C=O) groups excluding carboxylic acids is 3. The van der Waals surface area contributed by atoms with Gasteiger partial charge in [0, 0.05) is 25.2 Å². The van der Waals surface area contributed by atoms with E-state index in [0.29, 0.717) is 18.0 Å². The average Bonchev–Trinajstić information content (AvgIpc) is 3.41. The van der Waals surface area contributed by atoms with E-state index in [0.717, 1.165) is 44.1 Å². The Kier molecular flexibility index (Phi) is 6.53. The van der Waals surface area contributed by atoms with Crippen molar-refractivity contribution in [3.05, 3.63) is 59.7 Å². The maximum atomic E-state index is 13.1. The molecule has 37 heavy (non-hydrogen) atoms. The monoisotopic (exact) mass is 508 g/mol. The van der Waals surface area contributed by atoms with Gasteiger partial charge in [0.2, 0.25) is 0 Å². The number of rotatable bonds is 7. The third-order valence-corrected chi connectivity index (χ3v) is 7.84. The minimum absolute atomic E-state index is 0.0300. The van der Waals surface area contributed by atoms with Crippen LogP contribution >= 0.6 is 0 Å². The van der Waals surface area contributed by atoms with Crippen molar-refractivity contribution in [1.29, 1.82) is 0 Å². The molecule has 2 aromatic heterocycles. The molecule has 3 aliphatic carbocycles. The third kappa shape index (κ3) is 4.98. The number of nitrogens with zero attached hydrogens (tertiary/aromatic N) is 3. The molecule has 6 rings (SSSR count). The predicted molar refractivity (Wildman–Crippen MR) is 132 cm³/mol. The highest BCUT2D eigenvalue weighted by Gasteiger charge is 2.53. The van der Waals surface area contributed by atoms with E-state index in [9.17, 15) is 18.8 Å². The van der Waals surface area contributed by atoms with Gasteiger partial charge >= 0.3 is 12.0 Å². The first-order chi connectivity index (χ1) is 17.8. The number of amides is 3. The Labute approximate surface area is 213 Å². The molecule has 2 bridgehead atoms. The summed E-state index contributed by atoms with van der Waals surface area (Å²) in [4.78, 5) is 42.2. The van der Waals surface area contributed by atoms with E-state index in [4.69, 9.17) is 4.74 Å². The van der Waals surface area contributed by atoms with Crippen molar-refractivity contribution in [3.63, 3.8) is 0 Å². The lowest BCUT2D eigenvalue weighted by Gasteiger charge is -2.51. The highest BCUT2D eigenvalue weighted by atomic mass is 19.1. The molecule has 0 saturated heterocycles. The Hall–Kier alpha value is -4.02. The number of ether oxygens (including phenoxy) is 1. The summed E-state index contributed by atoms with van der Waals surface area (Å²) in [6, 6.07) is 8.52. The smallest absolute Gasteiger partial charge is 0.320 e. The van der Waals surface area contributed by atoms with Gasteiger partial charge in [-0.2, -0.15) is 9.61 Å². The van der Waals surface area contributed by atoms with Crippen LogP contribution in [0.1, 0.15) is 54.6 Å². The topological polar surface area (TPSA) is 127 Å². The summed E-state index contributed by atoms with van der Waals surface area (Å²) in [6.45, 7) is 0.697. The Morgan fingerprint density at radius 2 is 1.73 bits per heavy atom. The number of urea groups is 1. The molecular formula is C26H29FN6O4. The molecule has 3 N–H and O–H groups in total. The summed E-state index contributed by atoms with van der Waals surface area (Å²) >= 11 is 0. The van der Waals surface area contributed by atoms with E-state index in [1.165, 1.54) is 36.0 Å². The number of nitrogens with one attached hydrogen (secondary N) is 3. The van der Waals surface area contributed by atoms with Gasteiger partial charge in [0.25, 0.3) is 5.91 Å². The highest BCUT2D eigenvalue weighted by molar-refractivity contribution is 5.95. The number of methoxy groups -OCH3 is 1. The summed E-state index contributed by atoms with van der Waals surface area (Å²) in [5, 5.41) is 12.7. The molecule has 3 amide bonds. The Bertz CT molecular complexity index is 1310. The van der Waals surface area contributed by atoms with E-state index in [-0.39, 0.29) is 34.9 Å². The summed E-state index contributed by atoms with van der Waals surface area (Å²) in [7, 11) is 1.44. The Balaban J connectivity index is 1.22. The van der Waals surface area contributed by atoms with Crippen molar-refractivity contribution in [1.82, 2.24) is 25.2 Å². The van der Waals surface area contributed by atoms with Gasteiger partial charge in [0.15, 0.2) is 5.65 Å². The Morgan fingerprint density at radius 3 is 2.41 bits per heavy atom. The van der Waals surface area contributed by atoms with Gasteiger partial charge in [-0.25, -0.2) is 14.2 Å². The summed E-state index contributed by atoms with van der Waals surface area (Å²) in [5.41, 5.74) is 0.865. The van der Waals surface area contributed by atoms with Gasteiger partial charge in [-0.3, -0.25) is 14.9 Å². The second kappa shape index (κ2) is 9.79. The fraction of sp³-hybridized carbons (Fsp3) is 0.423. The molecule has 0 atom stereocenters. The van der Waals surface area contributed by atoms with Crippen molar-refractivity contribution in [2.45, 2.75) is 45.1 Å². The zero-order chi connectivity index (χ0) is 26.0. The molecule has 194 valence electrons. The molecule has 3 aromatic rings. The first-order valence-electron chi connectivity index (χ1n) is 12.3. The quantitative estimate of drug-likeness (QED) is 0.420. The van der Waals surface area contributed by atoms with Gasteiger partial charge in [-0.05, 0) is 61.6 Å². The first-order valence-corrected chi connectivity index (χ1v) is 12.3. The highest BCUT2D eigenvalue weighted by Crippen LogP contribution is 2.57. The van der Waals surface area contributed by atoms with Crippen molar-refractivity contribution in [2.24, 2.45) is 10.8 Å². The lowest BCUT2D eigenvalue weighted by atomic mass is 9.53. The molecular weight excluding hydrogens is 479 g/mol. The standard InChI is InChI=1S/C26H29FN6O4/c1-37-23(35)26-10-7-25(8-11-26,9-12-26)16-29-24(36)32-21-14-19(31-20-6-13-30-33(20)21)22(34)28-15-17-2-4-18(27)5-3-17/h2-6,13-14H,7-12,15-16H2,1H3,(H,28,34)(H2,29,32,36). The second-order valence-electron chi connectivity index (χ2n) is 10.0. The maximum Gasteiger partial charge on any atom is 0.320 e. The molecule has 11 heteroatoms. The molecule has 0 spiro atoms. The summed E-state index contributed by atoms with van der Waals surface area (Å²) < 4.78 is 19.6. The van der Waals surface area contributed by atoms with Crippen molar-refractivity contribution < 1.29 is 23.5 Å². The largest absolute Gasteiger partial charge is 0.469 e. The van der Waals surface area contributed by atoms with Crippen LogP contribution in [-0.2, 0) is 16.1 Å². The van der Waals surface area contributed by atoms with Crippen LogP contribution in [-0.4, -0.2) is 46.2 Å². The minimum Gasteiger partial charge on any atom is -0.469 e. The molecule has 3 fully saturated rings. The fourth-order valence-electron chi connectivity index (χ4n) is 5.47. The Morgan fingerprint density at radius 1 is 1.03 bits per heavy atom. The van der Waals surface area contributed by atoms with Crippen LogP contribution in [0.4, 0.5) is 15.0 Å². The second-order valence-corrected chi connectivity index (χ2v) is 10.0. The number of halogens is 1. The van der Waals surface area contributed by atoms with Crippen LogP contribution in [0, 0.1) is 16.6 Å². The molecule has 0 unspecified atom stereocenters. The number of esters is 1. The maximum absolute atomic E-state index is 13.1. The van der Waals surface area contributed by atoms with Crippen LogP contribution in [0.3, 0.4) is 0 Å². The number of benzene rings is 1. The van der Waals surface area contributed by atoms with Gasteiger partial charge in [-0.15, -0.1) is 0 Å². The van der Waals surface area contributed by atoms with Gasteiger partial charge in [0.1, 0.15) is 17.3 Å².